The lowest BCUT2D eigenvalue weighted by atomic mass is 10.0. The normalized spacial score (nSPS) is 13.0. The third-order valence-corrected chi connectivity index (χ3v) is 6.81. The number of benzene rings is 3. The standard InChI is InChI=1S/C32H38N2O4/c1-3-4-18-33-32(36)28(21-25-8-6-5-7-9-25)34(23-27-12-10-24(2)11-13-27)31(35)17-15-26-14-16-29-30(22-26)38-20-19-37-29/h5-14,16,22,28H,3-4,15,17-21,23H2,1-2H3,(H,33,36)/t28-/m0/s1. The number of fused-ring (bicyclic) bond motifs is 1. The number of hydrogen-bond donors (Lipinski definition) is 1. The minimum absolute atomic E-state index is 0.0490. The predicted molar refractivity (Wildman–Crippen MR) is 149 cm³/mol. The maximum absolute atomic E-state index is 13.8. The number of rotatable bonds is 12. The molecule has 0 spiro atoms. The topological polar surface area (TPSA) is 67.9 Å². The van der Waals surface area contributed by atoms with Crippen LogP contribution in [0.4, 0.5) is 0 Å². The second kappa shape index (κ2) is 13.7. The summed E-state index contributed by atoms with van der Waals surface area (Å²) in [4.78, 5) is 29.1. The molecule has 1 N–H and O–H groups in total. The van der Waals surface area contributed by atoms with Gasteiger partial charge >= 0.3 is 0 Å². The van der Waals surface area contributed by atoms with Gasteiger partial charge in [0, 0.05) is 25.9 Å². The molecular formula is C32H38N2O4. The minimum atomic E-state index is -0.608. The molecule has 0 radical (unpaired) electrons. The van der Waals surface area contributed by atoms with E-state index in [4.69, 9.17) is 9.47 Å². The second-order valence-electron chi connectivity index (χ2n) is 9.84. The van der Waals surface area contributed by atoms with Crippen LogP contribution in [0.2, 0.25) is 0 Å². The van der Waals surface area contributed by atoms with Gasteiger partial charge in [-0.3, -0.25) is 9.59 Å². The van der Waals surface area contributed by atoms with E-state index < -0.39 is 6.04 Å². The van der Waals surface area contributed by atoms with Crippen molar-refractivity contribution in [2.45, 2.75) is 58.5 Å². The van der Waals surface area contributed by atoms with Crippen molar-refractivity contribution in [2.24, 2.45) is 0 Å². The van der Waals surface area contributed by atoms with Gasteiger partial charge in [-0.25, -0.2) is 0 Å². The molecule has 1 heterocycles. The van der Waals surface area contributed by atoms with Crippen molar-refractivity contribution in [1.29, 1.82) is 0 Å². The molecule has 0 saturated heterocycles. The molecule has 2 amide bonds. The third kappa shape index (κ3) is 7.60. The minimum Gasteiger partial charge on any atom is -0.486 e. The van der Waals surface area contributed by atoms with E-state index in [1.54, 1.807) is 4.90 Å². The van der Waals surface area contributed by atoms with Crippen molar-refractivity contribution in [1.82, 2.24) is 10.2 Å². The van der Waals surface area contributed by atoms with E-state index in [2.05, 4.69) is 12.2 Å². The molecule has 0 bridgehead atoms. The number of nitrogens with zero attached hydrogens (tertiary/aromatic N) is 1. The quantitative estimate of drug-likeness (QED) is 0.335. The van der Waals surface area contributed by atoms with Gasteiger partial charge in [0.1, 0.15) is 19.3 Å². The molecule has 1 aliphatic heterocycles. The van der Waals surface area contributed by atoms with Crippen molar-refractivity contribution in [3.8, 4) is 11.5 Å². The van der Waals surface area contributed by atoms with Crippen LogP contribution in [0.5, 0.6) is 11.5 Å². The monoisotopic (exact) mass is 514 g/mol. The summed E-state index contributed by atoms with van der Waals surface area (Å²) in [6, 6.07) is 23.3. The highest BCUT2D eigenvalue weighted by Gasteiger charge is 2.30. The molecule has 3 aromatic rings. The Morgan fingerprint density at radius 3 is 2.34 bits per heavy atom. The Kier molecular flexibility index (Phi) is 9.79. The summed E-state index contributed by atoms with van der Waals surface area (Å²) in [6.07, 6.45) is 3.19. The zero-order valence-electron chi connectivity index (χ0n) is 22.4. The number of ether oxygens (including phenoxy) is 2. The number of unbranched alkanes of at least 4 members (excludes halogenated alkanes) is 1. The van der Waals surface area contributed by atoms with Crippen LogP contribution in [0.25, 0.3) is 0 Å². The van der Waals surface area contributed by atoms with E-state index in [0.29, 0.717) is 45.6 Å². The highest BCUT2D eigenvalue weighted by atomic mass is 16.6. The maximum Gasteiger partial charge on any atom is 0.243 e. The number of nitrogens with one attached hydrogen (secondary N) is 1. The van der Waals surface area contributed by atoms with Crippen molar-refractivity contribution < 1.29 is 19.1 Å². The van der Waals surface area contributed by atoms with Crippen molar-refractivity contribution in [3.05, 3.63) is 95.1 Å². The summed E-state index contributed by atoms with van der Waals surface area (Å²) in [5, 5.41) is 3.08. The number of amides is 2. The molecule has 6 heteroatoms. The first-order valence-corrected chi connectivity index (χ1v) is 13.6. The van der Waals surface area contributed by atoms with Crippen molar-refractivity contribution in [3.63, 3.8) is 0 Å². The number of carbonyl (C=O) groups excluding carboxylic acids is 2. The number of hydrogen-bond acceptors (Lipinski definition) is 4. The summed E-state index contributed by atoms with van der Waals surface area (Å²) in [7, 11) is 0. The van der Waals surface area contributed by atoms with E-state index >= 15 is 0 Å². The first-order chi connectivity index (χ1) is 18.5. The van der Waals surface area contributed by atoms with Crippen LogP contribution in [0.15, 0.2) is 72.8 Å². The van der Waals surface area contributed by atoms with Gasteiger partial charge in [0.2, 0.25) is 11.8 Å². The molecule has 4 rings (SSSR count). The molecule has 1 aliphatic rings. The Hall–Kier alpha value is -3.80. The van der Waals surface area contributed by atoms with Gasteiger partial charge in [0.05, 0.1) is 0 Å². The lowest BCUT2D eigenvalue weighted by Gasteiger charge is -2.32. The smallest absolute Gasteiger partial charge is 0.243 e. The summed E-state index contributed by atoms with van der Waals surface area (Å²) in [5.74, 6) is 1.29. The fourth-order valence-corrected chi connectivity index (χ4v) is 4.59. The zero-order chi connectivity index (χ0) is 26.7. The van der Waals surface area contributed by atoms with E-state index in [1.807, 2.05) is 79.7 Å². The van der Waals surface area contributed by atoms with Crippen molar-refractivity contribution in [2.75, 3.05) is 19.8 Å². The summed E-state index contributed by atoms with van der Waals surface area (Å²) >= 11 is 0. The lowest BCUT2D eigenvalue weighted by molar-refractivity contribution is -0.141. The Labute approximate surface area is 226 Å². The third-order valence-electron chi connectivity index (χ3n) is 6.81. The number of carbonyl (C=O) groups is 2. The molecule has 0 aliphatic carbocycles. The van der Waals surface area contributed by atoms with E-state index in [0.717, 1.165) is 46.6 Å². The van der Waals surface area contributed by atoms with Crippen LogP contribution in [-0.2, 0) is 29.0 Å². The van der Waals surface area contributed by atoms with E-state index in [1.165, 1.54) is 0 Å². The van der Waals surface area contributed by atoms with Gasteiger partial charge in [-0.15, -0.1) is 0 Å². The highest BCUT2D eigenvalue weighted by molar-refractivity contribution is 5.88. The average molecular weight is 515 g/mol. The Bertz CT molecular complexity index is 1190. The van der Waals surface area contributed by atoms with Gasteiger partial charge < -0.3 is 19.7 Å². The molecule has 0 unspecified atom stereocenters. The largest absolute Gasteiger partial charge is 0.486 e. The van der Waals surface area contributed by atoms with Crippen LogP contribution in [0.3, 0.4) is 0 Å². The van der Waals surface area contributed by atoms with Crippen LogP contribution in [0.1, 0.15) is 48.4 Å². The van der Waals surface area contributed by atoms with Gasteiger partial charge in [-0.05, 0) is 48.6 Å². The molecule has 6 nitrogen and oxygen atoms in total. The van der Waals surface area contributed by atoms with Gasteiger partial charge in [0.15, 0.2) is 11.5 Å². The zero-order valence-corrected chi connectivity index (χ0v) is 22.4. The Balaban J connectivity index is 1.57. The summed E-state index contributed by atoms with van der Waals surface area (Å²) in [5.41, 5.74) is 4.19. The molecule has 0 fully saturated rings. The summed E-state index contributed by atoms with van der Waals surface area (Å²) < 4.78 is 11.3. The van der Waals surface area contributed by atoms with Gasteiger partial charge in [-0.2, -0.15) is 0 Å². The van der Waals surface area contributed by atoms with Crippen molar-refractivity contribution >= 4 is 11.8 Å². The predicted octanol–water partition coefficient (Wildman–Crippen LogP) is 5.26. The molecule has 3 aromatic carbocycles. The Morgan fingerprint density at radius 2 is 1.61 bits per heavy atom. The fraction of sp³-hybridized carbons (Fsp3) is 0.375. The van der Waals surface area contributed by atoms with E-state index in [-0.39, 0.29) is 11.8 Å². The molecule has 200 valence electrons. The van der Waals surface area contributed by atoms with Crippen LogP contribution < -0.4 is 14.8 Å². The fourth-order valence-electron chi connectivity index (χ4n) is 4.59. The molecule has 1 atom stereocenters. The molecular weight excluding hydrogens is 476 g/mol. The second-order valence-corrected chi connectivity index (χ2v) is 9.84. The van der Waals surface area contributed by atoms with Crippen LogP contribution in [-0.4, -0.2) is 42.5 Å². The Morgan fingerprint density at radius 1 is 0.895 bits per heavy atom. The highest BCUT2D eigenvalue weighted by Crippen LogP contribution is 2.31. The molecule has 0 aromatic heterocycles. The number of aryl methyl sites for hydroxylation is 2. The SMILES string of the molecule is CCCCNC(=O)[C@H](Cc1ccccc1)N(Cc1ccc(C)cc1)C(=O)CCc1ccc2c(c1)OCCO2. The van der Waals surface area contributed by atoms with Crippen LogP contribution in [0, 0.1) is 6.92 Å². The lowest BCUT2D eigenvalue weighted by Crippen LogP contribution is -2.50. The first kappa shape index (κ1) is 27.2. The van der Waals surface area contributed by atoms with E-state index in [9.17, 15) is 9.59 Å². The summed E-state index contributed by atoms with van der Waals surface area (Å²) in [6.45, 7) is 6.18. The van der Waals surface area contributed by atoms with Gasteiger partial charge in [-0.1, -0.05) is 79.6 Å². The average Bonchev–Trinajstić information content (AvgIpc) is 2.95. The molecule has 38 heavy (non-hydrogen) atoms. The maximum atomic E-state index is 13.8. The molecule has 0 saturated carbocycles. The van der Waals surface area contributed by atoms with Gasteiger partial charge in [0.25, 0.3) is 0 Å². The first-order valence-electron chi connectivity index (χ1n) is 13.6. The van der Waals surface area contributed by atoms with Crippen LogP contribution >= 0.6 is 0 Å².